The van der Waals surface area contributed by atoms with Crippen LogP contribution in [0.3, 0.4) is 0 Å². The van der Waals surface area contributed by atoms with Gasteiger partial charge >= 0.3 is 0 Å². The van der Waals surface area contributed by atoms with Gasteiger partial charge in [0, 0.05) is 10.0 Å². The molecule has 0 radical (unpaired) electrons. The number of carbonyl (C=O) groups is 1. The number of ether oxygens (including phenoxy) is 3. The maximum atomic E-state index is 12.2. The first-order valence-corrected chi connectivity index (χ1v) is 9.12. The van der Waals surface area contributed by atoms with Crippen molar-refractivity contribution in [3.8, 4) is 17.2 Å². The van der Waals surface area contributed by atoms with Gasteiger partial charge in [-0.1, -0.05) is 15.9 Å². The van der Waals surface area contributed by atoms with Crippen molar-refractivity contribution in [2.24, 2.45) is 0 Å². The number of rotatable bonds is 7. The molecule has 0 aliphatic rings. The largest absolute Gasteiger partial charge is 0.497 e. The Morgan fingerprint density at radius 3 is 2.44 bits per heavy atom. The van der Waals surface area contributed by atoms with Gasteiger partial charge in [0.1, 0.15) is 17.2 Å². The van der Waals surface area contributed by atoms with E-state index in [0.29, 0.717) is 17.2 Å². The van der Waals surface area contributed by atoms with Gasteiger partial charge in [0.25, 0.3) is 5.91 Å². The molecule has 2 rings (SSSR count). The fraction of sp³-hybridized carbons (Fsp3) is 0.278. The number of methoxy groups -OCH3 is 2. The molecule has 2 aromatic carbocycles. The van der Waals surface area contributed by atoms with Gasteiger partial charge in [0.2, 0.25) is 0 Å². The molecule has 2 aromatic rings. The number of carbonyl (C=O) groups excluding carboxylic acids is 1. The summed E-state index contributed by atoms with van der Waals surface area (Å²) in [4.78, 5) is 12.2. The summed E-state index contributed by atoms with van der Waals surface area (Å²) in [6.45, 7) is 1.79. The summed E-state index contributed by atoms with van der Waals surface area (Å²) < 4.78 is 17.8. The van der Waals surface area contributed by atoms with E-state index in [9.17, 15) is 4.79 Å². The highest BCUT2D eigenvalue weighted by Gasteiger charge is 2.16. The van der Waals surface area contributed by atoms with Crippen LogP contribution in [0, 0.1) is 0 Å². The van der Waals surface area contributed by atoms with Crippen LogP contribution in [-0.2, 0) is 4.79 Å². The van der Waals surface area contributed by atoms with E-state index in [4.69, 9.17) is 14.2 Å². The minimum Gasteiger partial charge on any atom is -0.497 e. The Balaban J connectivity index is 2.00. The molecule has 0 saturated heterocycles. The van der Waals surface area contributed by atoms with Crippen LogP contribution in [0.5, 0.6) is 17.2 Å². The molecule has 0 aliphatic carbocycles. The lowest BCUT2D eigenvalue weighted by Gasteiger charge is -2.18. The molecule has 7 heteroatoms. The highest BCUT2D eigenvalue weighted by molar-refractivity contribution is 9.11. The Labute approximate surface area is 163 Å². The molecule has 1 atom stereocenters. The first-order chi connectivity index (χ1) is 11.9. The Hall–Kier alpha value is -1.73. The zero-order valence-corrected chi connectivity index (χ0v) is 17.3. The third-order valence-electron chi connectivity index (χ3n) is 3.53. The van der Waals surface area contributed by atoms with Crippen LogP contribution in [0.1, 0.15) is 18.5 Å². The second kappa shape index (κ2) is 9.10. The van der Waals surface area contributed by atoms with Crippen LogP contribution in [0.25, 0.3) is 0 Å². The normalized spacial score (nSPS) is 11.6. The summed E-state index contributed by atoms with van der Waals surface area (Å²) in [5.41, 5.74) is 0.833. The fourth-order valence-electron chi connectivity index (χ4n) is 2.27. The van der Waals surface area contributed by atoms with Gasteiger partial charge in [0.15, 0.2) is 6.61 Å². The highest BCUT2D eigenvalue weighted by atomic mass is 79.9. The van der Waals surface area contributed by atoms with Crippen LogP contribution < -0.4 is 19.5 Å². The van der Waals surface area contributed by atoms with Gasteiger partial charge in [0.05, 0.1) is 24.7 Å². The van der Waals surface area contributed by atoms with Gasteiger partial charge < -0.3 is 19.5 Å². The van der Waals surface area contributed by atoms with Crippen LogP contribution in [0.4, 0.5) is 0 Å². The van der Waals surface area contributed by atoms with Crippen LogP contribution in [-0.4, -0.2) is 26.7 Å². The molecule has 0 saturated carbocycles. The third-order valence-corrected chi connectivity index (χ3v) is 4.65. The smallest absolute Gasteiger partial charge is 0.258 e. The number of hydrogen-bond acceptors (Lipinski definition) is 4. The number of hydrogen-bond donors (Lipinski definition) is 1. The molecule has 1 unspecified atom stereocenters. The fourth-order valence-corrected chi connectivity index (χ4v) is 3.44. The zero-order chi connectivity index (χ0) is 18.4. The molecule has 1 N–H and O–H groups in total. The summed E-state index contributed by atoms with van der Waals surface area (Å²) in [6, 6.07) is 10.7. The molecular formula is C18H19Br2NO4. The van der Waals surface area contributed by atoms with Crippen molar-refractivity contribution in [1.29, 1.82) is 0 Å². The van der Waals surface area contributed by atoms with E-state index in [2.05, 4.69) is 37.2 Å². The highest BCUT2D eigenvalue weighted by Crippen LogP contribution is 2.30. The topological polar surface area (TPSA) is 56.8 Å². The van der Waals surface area contributed by atoms with Gasteiger partial charge in [-0.25, -0.2) is 0 Å². The second-order valence-corrected chi connectivity index (χ2v) is 7.03. The van der Waals surface area contributed by atoms with E-state index in [-0.39, 0.29) is 18.6 Å². The van der Waals surface area contributed by atoms with Gasteiger partial charge in [-0.15, -0.1) is 0 Å². The molecule has 134 valence electrons. The second-order valence-electron chi connectivity index (χ2n) is 5.26. The Morgan fingerprint density at radius 2 is 1.80 bits per heavy atom. The molecule has 5 nitrogen and oxygen atoms in total. The van der Waals surface area contributed by atoms with Crippen molar-refractivity contribution in [2.75, 3.05) is 20.8 Å². The molecular weight excluding hydrogens is 454 g/mol. The summed E-state index contributed by atoms with van der Waals surface area (Å²) in [5.74, 6) is 1.76. The Morgan fingerprint density at radius 1 is 1.08 bits per heavy atom. The predicted molar refractivity (Wildman–Crippen MR) is 103 cm³/mol. The van der Waals surface area contributed by atoms with Crippen molar-refractivity contribution in [1.82, 2.24) is 5.32 Å². The van der Waals surface area contributed by atoms with Gasteiger partial charge in [-0.2, -0.15) is 0 Å². The summed E-state index contributed by atoms with van der Waals surface area (Å²) in [7, 11) is 3.19. The average Bonchev–Trinajstić information content (AvgIpc) is 2.60. The quantitative estimate of drug-likeness (QED) is 0.645. The monoisotopic (exact) mass is 471 g/mol. The number of halogens is 2. The molecule has 0 aliphatic heterocycles. The lowest BCUT2D eigenvalue weighted by atomic mass is 10.1. The van der Waals surface area contributed by atoms with E-state index in [0.717, 1.165) is 14.5 Å². The van der Waals surface area contributed by atoms with Crippen molar-refractivity contribution in [3.05, 3.63) is 50.9 Å². The minimum absolute atomic E-state index is 0.0865. The molecule has 1 amide bonds. The molecule has 25 heavy (non-hydrogen) atoms. The molecule has 0 fully saturated rings. The van der Waals surface area contributed by atoms with Crippen molar-refractivity contribution in [2.45, 2.75) is 13.0 Å². The zero-order valence-electron chi connectivity index (χ0n) is 14.1. The minimum atomic E-state index is -0.255. The molecule has 0 bridgehead atoms. The summed E-state index contributed by atoms with van der Waals surface area (Å²) in [5, 5.41) is 2.90. The molecule has 0 heterocycles. The third kappa shape index (κ3) is 5.37. The Kier molecular flexibility index (Phi) is 7.13. The van der Waals surface area contributed by atoms with Crippen LogP contribution in [0.2, 0.25) is 0 Å². The van der Waals surface area contributed by atoms with E-state index in [1.165, 1.54) is 0 Å². The summed E-state index contributed by atoms with van der Waals surface area (Å²) >= 11 is 6.78. The van der Waals surface area contributed by atoms with E-state index < -0.39 is 0 Å². The van der Waals surface area contributed by atoms with E-state index in [1.807, 2.05) is 37.3 Å². The van der Waals surface area contributed by atoms with E-state index in [1.54, 1.807) is 20.3 Å². The number of benzene rings is 2. The maximum Gasteiger partial charge on any atom is 0.258 e. The first-order valence-electron chi connectivity index (χ1n) is 7.53. The predicted octanol–water partition coefficient (Wildman–Crippen LogP) is 4.49. The molecule has 0 aromatic heterocycles. The van der Waals surface area contributed by atoms with Gasteiger partial charge in [-0.05, 0) is 59.3 Å². The van der Waals surface area contributed by atoms with Crippen molar-refractivity contribution < 1.29 is 19.0 Å². The maximum absolute atomic E-state index is 12.2. The summed E-state index contributed by atoms with van der Waals surface area (Å²) in [6.07, 6.45) is 0. The van der Waals surface area contributed by atoms with Crippen molar-refractivity contribution >= 4 is 37.8 Å². The molecule has 0 spiro atoms. The van der Waals surface area contributed by atoms with E-state index >= 15 is 0 Å². The average molecular weight is 473 g/mol. The van der Waals surface area contributed by atoms with Crippen LogP contribution >= 0.6 is 31.9 Å². The number of nitrogens with one attached hydrogen (secondary N) is 1. The lowest BCUT2D eigenvalue weighted by Crippen LogP contribution is -2.31. The Bertz CT molecular complexity index is 752. The van der Waals surface area contributed by atoms with Gasteiger partial charge in [-0.3, -0.25) is 4.79 Å². The van der Waals surface area contributed by atoms with Crippen molar-refractivity contribution in [3.63, 3.8) is 0 Å². The standard InChI is InChI=1S/C18H19Br2NO4/c1-11(14-9-13(23-2)5-7-16(14)24-3)21-18(22)10-25-17-6-4-12(19)8-15(17)20/h4-9,11H,10H2,1-3H3,(H,21,22). The SMILES string of the molecule is COc1ccc(OC)c(C(C)NC(=O)COc2ccc(Br)cc2Br)c1. The first kappa shape index (κ1) is 19.6. The van der Waals surface area contributed by atoms with Crippen LogP contribution in [0.15, 0.2) is 45.3 Å². The number of amides is 1. The lowest BCUT2D eigenvalue weighted by molar-refractivity contribution is -0.123.